The summed E-state index contributed by atoms with van der Waals surface area (Å²) >= 11 is 0. The lowest BCUT2D eigenvalue weighted by Crippen LogP contribution is -2.41. The minimum atomic E-state index is -0.427. The first-order valence-corrected chi connectivity index (χ1v) is 4.95. The topological polar surface area (TPSA) is 70.9 Å². The van der Waals surface area contributed by atoms with Gasteiger partial charge in [-0.1, -0.05) is 6.07 Å². The van der Waals surface area contributed by atoms with Gasteiger partial charge in [-0.2, -0.15) is 5.12 Å². The van der Waals surface area contributed by atoms with Crippen LogP contribution in [0.15, 0.2) is 30.6 Å². The van der Waals surface area contributed by atoms with Gasteiger partial charge in [-0.3, -0.25) is 20.4 Å². The summed E-state index contributed by atoms with van der Waals surface area (Å²) in [6.07, 6.45) is 3.33. The van der Waals surface area contributed by atoms with E-state index >= 15 is 0 Å². The summed E-state index contributed by atoms with van der Waals surface area (Å²) in [6, 6.07) is 4.65. The standard InChI is InChI=1S/C10H12N4O3/c1-8-3-4-9(14(15)16)7-10(8)13-11-5-6-12(13)17-2/h3-7,11H,1-2H3. The van der Waals surface area contributed by atoms with Gasteiger partial charge in [0.2, 0.25) is 0 Å². The van der Waals surface area contributed by atoms with Crippen molar-refractivity contribution in [2.45, 2.75) is 6.92 Å². The molecule has 0 aliphatic carbocycles. The Balaban J connectivity index is 2.37. The Labute approximate surface area is 97.9 Å². The van der Waals surface area contributed by atoms with Crippen molar-refractivity contribution < 1.29 is 9.76 Å². The zero-order chi connectivity index (χ0) is 12.4. The van der Waals surface area contributed by atoms with Gasteiger partial charge in [-0.25, -0.2) is 0 Å². The van der Waals surface area contributed by atoms with Gasteiger partial charge in [0.1, 0.15) is 0 Å². The lowest BCUT2D eigenvalue weighted by Gasteiger charge is -2.28. The van der Waals surface area contributed by atoms with Crippen molar-refractivity contribution in [2.24, 2.45) is 0 Å². The fourth-order valence-electron chi connectivity index (χ4n) is 1.55. The first kappa shape index (κ1) is 11.2. The Kier molecular flexibility index (Phi) is 2.84. The van der Waals surface area contributed by atoms with E-state index in [1.807, 2.05) is 6.92 Å². The van der Waals surface area contributed by atoms with Gasteiger partial charge in [0.25, 0.3) is 5.69 Å². The molecule has 1 heterocycles. The summed E-state index contributed by atoms with van der Waals surface area (Å²) in [4.78, 5) is 15.4. The molecule has 1 aromatic rings. The zero-order valence-electron chi connectivity index (χ0n) is 9.45. The molecule has 0 radical (unpaired) electrons. The molecule has 17 heavy (non-hydrogen) atoms. The van der Waals surface area contributed by atoms with E-state index in [1.165, 1.54) is 24.4 Å². The van der Waals surface area contributed by atoms with E-state index in [4.69, 9.17) is 4.84 Å². The SMILES string of the molecule is CON1C=CNN1c1cc([N+](=O)[O-])ccc1C. The number of rotatable bonds is 3. The maximum atomic E-state index is 10.7. The highest BCUT2D eigenvalue weighted by molar-refractivity contribution is 5.58. The molecule has 7 heteroatoms. The van der Waals surface area contributed by atoms with Gasteiger partial charge in [0, 0.05) is 18.3 Å². The quantitative estimate of drug-likeness (QED) is 0.633. The third kappa shape index (κ3) is 2.00. The van der Waals surface area contributed by atoms with Crippen molar-refractivity contribution in [3.05, 3.63) is 46.3 Å². The van der Waals surface area contributed by atoms with Gasteiger partial charge in [-0.15, -0.1) is 5.17 Å². The van der Waals surface area contributed by atoms with Crippen LogP contribution >= 0.6 is 0 Å². The number of hydrazine groups is 2. The Morgan fingerprint density at radius 1 is 1.47 bits per heavy atom. The maximum Gasteiger partial charge on any atom is 0.271 e. The highest BCUT2D eigenvalue weighted by atomic mass is 16.7. The number of hydrogen-bond donors (Lipinski definition) is 1. The Morgan fingerprint density at radius 2 is 2.24 bits per heavy atom. The fourth-order valence-corrected chi connectivity index (χ4v) is 1.55. The number of nitro groups is 1. The molecule has 1 N–H and O–H groups in total. The Bertz CT molecular complexity index is 475. The number of anilines is 1. The van der Waals surface area contributed by atoms with E-state index in [0.717, 1.165) is 5.56 Å². The van der Waals surface area contributed by atoms with Gasteiger partial charge in [0.15, 0.2) is 0 Å². The predicted molar refractivity (Wildman–Crippen MR) is 61.4 cm³/mol. The summed E-state index contributed by atoms with van der Waals surface area (Å²) < 4.78 is 0. The molecule has 0 bridgehead atoms. The van der Waals surface area contributed by atoms with Crippen LogP contribution in [0.5, 0.6) is 0 Å². The second-order valence-electron chi connectivity index (χ2n) is 3.47. The van der Waals surface area contributed by atoms with Crippen molar-refractivity contribution in [3.8, 4) is 0 Å². The number of nitrogens with one attached hydrogen (secondary N) is 1. The lowest BCUT2D eigenvalue weighted by atomic mass is 10.2. The molecule has 0 saturated carbocycles. The van der Waals surface area contributed by atoms with E-state index < -0.39 is 4.92 Å². The van der Waals surface area contributed by atoms with E-state index in [-0.39, 0.29) is 5.69 Å². The largest absolute Gasteiger partial charge is 0.283 e. The van der Waals surface area contributed by atoms with Gasteiger partial charge in [-0.05, 0) is 12.5 Å². The lowest BCUT2D eigenvalue weighted by molar-refractivity contribution is -0.384. The minimum Gasteiger partial charge on any atom is -0.283 e. The first-order valence-electron chi connectivity index (χ1n) is 4.95. The molecule has 90 valence electrons. The molecule has 7 nitrogen and oxygen atoms in total. The van der Waals surface area contributed by atoms with Crippen LogP contribution < -0.4 is 10.5 Å². The Hall–Kier alpha value is -2.28. The highest BCUT2D eigenvalue weighted by Crippen LogP contribution is 2.27. The molecule has 0 spiro atoms. The molecular weight excluding hydrogens is 224 g/mol. The third-order valence-electron chi connectivity index (χ3n) is 2.41. The maximum absolute atomic E-state index is 10.7. The van der Waals surface area contributed by atoms with Crippen LogP contribution in [0.3, 0.4) is 0 Å². The number of nitrogens with zero attached hydrogens (tertiary/aromatic N) is 3. The molecule has 2 rings (SSSR count). The third-order valence-corrected chi connectivity index (χ3v) is 2.41. The molecular formula is C10H12N4O3. The summed E-state index contributed by atoms with van der Waals surface area (Å²) in [5.41, 5.74) is 4.50. The van der Waals surface area contributed by atoms with E-state index in [9.17, 15) is 10.1 Å². The molecule has 0 saturated heterocycles. The zero-order valence-corrected chi connectivity index (χ0v) is 9.45. The second-order valence-corrected chi connectivity index (χ2v) is 3.47. The molecule has 0 amide bonds. The normalized spacial score (nSPS) is 14.0. The van der Waals surface area contributed by atoms with Crippen molar-refractivity contribution in [1.82, 2.24) is 10.6 Å². The van der Waals surface area contributed by atoms with Gasteiger partial charge in [0.05, 0.1) is 23.9 Å². The first-order chi connectivity index (χ1) is 8.13. The van der Waals surface area contributed by atoms with Gasteiger partial charge >= 0.3 is 0 Å². The number of aryl methyl sites for hydroxylation is 1. The molecule has 1 aromatic carbocycles. The van der Waals surface area contributed by atoms with Crippen molar-refractivity contribution in [1.29, 1.82) is 0 Å². The number of nitro benzene ring substituents is 1. The molecule has 1 aliphatic heterocycles. The van der Waals surface area contributed by atoms with Crippen molar-refractivity contribution in [3.63, 3.8) is 0 Å². The van der Waals surface area contributed by atoms with Crippen molar-refractivity contribution in [2.75, 3.05) is 12.2 Å². The van der Waals surface area contributed by atoms with Crippen molar-refractivity contribution >= 4 is 11.4 Å². The molecule has 0 atom stereocenters. The smallest absolute Gasteiger partial charge is 0.271 e. The van der Waals surface area contributed by atoms with E-state index in [0.29, 0.717) is 5.69 Å². The number of non-ortho nitro benzene ring substituents is 1. The average Bonchev–Trinajstić information content (AvgIpc) is 2.77. The summed E-state index contributed by atoms with van der Waals surface area (Å²) in [7, 11) is 1.51. The highest BCUT2D eigenvalue weighted by Gasteiger charge is 2.20. The van der Waals surface area contributed by atoms with Crippen LogP contribution in [-0.2, 0) is 4.84 Å². The summed E-state index contributed by atoms with van der Waals surface area (Å²) in [6.45, 7) is 1.87. The molecule has 0 unspecified atom stereocenters. The van der Waals surface area contributed by atoms with Crippen LogP contribution in [0.4, 0.5) is 11.4 Å². The van der Waals surface area contributed by atoms with Crippen LogP contribution in [-0.4, -0.2) is 17.2 Å². The predicted octanol–water partition coefficient (Wildman–Crippen LogP) is 1.48. The number of benzene rings is 1. The van der Waals surface area contributed by atoms with E-state index in [2.05, 4.69) is 5.43 Å². The number of hydrogen-bond acceptors (Lipinski definition) is 6. The summed E-state index contributed by atoms with van der Waals surface area (Å²) in [5, 5.41) is 13.7. The van der Waals surface area contributed by atoms with Crippen LogP contribution in [0.25, 0.3) is 0 Å². The fraction of sp³-hybridized carbons (Fsp3) is 0.200. The summed E-state index contributed by atoms with van der Waals surface area (Å²) in [5.74, 6) is 0. The molecule has 0 fully saturated rings. The Morgan fingerprint density at radius 3 is 2.88 bits per heavy atom. The van der Waals surface area contributed by atoms with Gasteiger partial charge < -0.3 is 0 Å². The van der Waals surface area contributed by atoms with E-state index in [1.54, 1.807) is 23.6 Å². The minimum absolute atomic E-state index is 0.0374. The van der Waals surface area contributed by atoms with Crippen LogP contribution in [0.1, 0.15) is 5.56 Å². The average molecular weight is 236 g/mol. The number of hydroxylamine groups is 1. The monoisotopic (exact) mass is 236 g/mol. The molecule has 0 aromatic heterocycles. The molecule has 1 aliphatic rings. The van der Waals surface area contributed by atoms with Crippen LogP contribution in [0, 0.1) is 17.0 Å². The van der Waals surface area contributed by atoms with Crippen LogP contribution in [0.2, 0.25) is 0 Å². The second kappa shape index (κ2) is 4.30.